The Bertz CT molecular complexity index is 1060. The van der Waals surface area contributed by atoms with Crippen LogP contribution in [0.4, 0.5) is 4.79 Å². The number of methoxy groups -OCH3 is 1. The van der Waals surface area contributed by atoms with Crippen molar-refractivity contribution in [3.8, 4) is 0 Å². The van der Waals surface area contributed by atoms with Gasteiger partial charge >= 0.3 is 12.1 Å². The van der Waals surface area contributed by atoms with Crippen molar-refractivity contribution < 1.29 is 38.2 Å². The lowest BCUT2D eigenvalue weighted by Crippen LogP contribution is -2.61. The molecule has 0 aromatic rings. The van der Waals surface area contributed by atoms with Crippen molar-refractivity contribution in [1.82, 2.24) is 20.9 Å². The van der Waals surface area contributed by atoms with Gasteiger partial charge in [0.25, 0.3) is 5.91 Å². The number of rotatable bonds is 10. The average Bonchev–Trinajstić information content (AvgIpc) is 3.16. The van der Waals surface area contributed by atoms with Gasteiger partial charge in [-0.05, 0) is 56.8 Å². The lowest BCUT2D eigenvalue weighted by atomic mass is 9.85. The van der Waals surface area contributed by atoms with Crippen LogP contribution >= 0.6 is 0 Å². The number of esters is 1. The molecule has 1 heterocycles. The van der Waals surface area contributed by atoms with Crippen molar-refractivity contribution in [2.45, 2.75) is 112 Å². The minimum atomic E-state index is -1.14. The molecule has 1 aliphatic carbocycles. The molecule has 12 nitrogen and oxygen atoms in total. The summed E-state index contributed by atoms with van der Waals surface area (Å²) in [6.45, 7) is 18.2. The van der Waals surface area contributed by atoms with E-state index in [2.05, 4.69) is 20.7 Å². The van der Waals surface area contributed by atoms with Crippen LogP contribution < -0.4 is 16.0 Å². The molecular weight excluding hydrogens is 532 g/mol. The van der Waals surface area contributed by atoms with Crippen LogP contribution in [0.5, 0.6) is 0 Å². The van der Waals surface area contributed by atoms with Crippen molar-refractivity contribution in [2.24, 2.45) is 22.7 Å². The number of ether oxygens (including phenoxy) is 2. The minimum absolute atomic E-state index is 0.0638. The highest BCUT2D eigenvalue weighted by atomic mass is 16.6. The minimum Gasteiger partial charge on any atom is -0.467 e. The molecule has 0 bridgehead atoms. The highest BCUT2D eigenvalue weighted by Crippen LogP contribution is 2.65. The van der Waals surface area contributed by atoms with Gasteiger partial charge in [-0.15, -0.1) is 0 Å². The number of nitrogens with one attached hydrogen (secondary N) is 3. The van der Waals surface area contributed by atoms with Gasteiger partial charge < -0.3 is 30.3 Å². The van der Waals surface area contributed by atoms with Gasteiger partial charge in [0, 0.05) is 6.54 Å². The second-order valence-electron chi connectivity index (χ2n) is 13.8. The number of ketones is 1. The summed E-state index contributed by atoms with van der Waals surface area (Å²) in [6.07, 6.45) is -0.0572. The van der Waals surface area contributed by atoms with Crippen LogP contribution in [0.15, 0.2) is 0 Å². The lowest BCUT2D eigenvalue weighted by Gasteiger charge is -2.38. The van der Waals surface area contributed by atoms with E-state index in [-0.39, 0.29) is 23.7 Å². The predicted octanol–water partition coefficient (Wildman–Crippen LogP) is 1.94. The Kier molecular flexibility index (Phi) is 10.3. The molecule has 0 radical (unpaired) electrons. The summed E-state index contributed by atoms with van der Waals surface area (Å²) < 4.78 is 9.97. The quantitative estimate of drug-likeness (QED) is 0.261. The van der Waals surface area contributed by atoms with Crippen LogP contribution in [0.1, 0.15) is 82.1 Å². The Hall–Kier alpha value is -3.18. The first-order chi connectivity index (χ1) is 18.7. The maximum Gasteiger partial charge on any atom is 0.408 e. The summed E-state index contributed by atoms with van der Waals surface area (Å²) in [6, 6.07) is -4.06. The number of nitrogens with zero attached hydrogens (tertiary/aromatic N) is 1. The number of alkyl carbamates (subject to hydrolysis) is 1. The fourth-order valence-electron chi connectivity index (χ4n) is 5.53. The molecule has 1 aliphatic heterocycles. The normalized spacial score (nSPS) is 23.3. The largest absolute Gasteiger partial charge is 0.467 e. The molecule has 3 N–H and O–H groups in total. The number of fused-ring (bicyclic) bond motifs is 1. The maximum absolute atomic E-state index is 14.0. The lowest BCUT2D eigenvalue weighted by molar-refractivity contribution is -0.147. The molecule has 6 unspecified atom stereocenters. The molecule has 0 aromatic carbocycles. The summed E-state index contributed by atoms with van der Waals surface area (Å²) >= 11 is 0. The highest BCUT2D eigenvalue weighted by molar-refractivity contribution is 6.38. The molecule has 2 fully saturated rings. The third-order valence-electron chi connectivity index (χ3n) is 7.87. The van der Waals surface area contributed by atoms with Crippen LogP contribution in [0.25, 0.3) is 0 Å². The summed E-state index contributed by atoms with van der Waals surface area (Å²) in [4.78, 5) is 79.2. The molecule has 6 atom stereocenters. The topological polar surface area (TPSA) is 160 Å². The van der Waals surface area contributed by atoms with E-state index in [0.29, 0.717) is 13.0 Å². The summed E-state index contributed by atoms with van der Waals surface area (Å²) in [5.41, 5.74) is -1.67. The maximum atomic E-state index is 14.0. The second kappa shape index (κ2) is 12.4. The highest BCUT2D eigenvalue weighted by Gasteiger charge is 2.70. The van der Waals surface area contributed by atoms with Gasteiger partial charge in [-0.3, -0.25) is 19.2 Å². The molecule has 0 spiro atoms. The van der Waals surface area contributed by atoms with Gasteiger partial charge in [0.1, 0.15) is 23.7 Å². The Morgan fingerprint density at radius 1 is 0.976 bits per heavy atom. The van der Waals surface area contributed by atoms with Gasteiger partial charge in [0.15, 0.2) is 0 Å². The number of carbonyl (C=O) groups is 6. The molecular formula is C29H48N4O8. The van der Waals surface area contributed by atoms with Crippen LogP contribution in [0, 0.1) is 22.7 Å². The van der Waals surface area contributed by atoms with Crippen molar-refractivity contribution in [1.29, 1.82) is 0 Å². The monoisotopic (exact) mass is 580 g/mol. The van der Waals surface area contributed by atoms with Gasteiger partial charge in [-0.25, -0.2) is 9.59 Å². The fourth-order valence-corrected chi connectivity index (χ4v) is 5.53. The smallest absolute Gasteiger partial charge is 0.408 e. The van der Waals surface area contributed by atoms with Crippen molar-refractivity contribution in [3.63, 3.8) is 0 Å². The number of hydrogen-bond acceptors (Lipinski definition) is 8. The molecule has 2 rings (SSSR count). The summed E-state index contributed by atoms with van der Waals surface area (Å²) in [7, 11) is 1.17. The molecule has 1 saturated heterocycles. The first-order valence-corrected chi connectivity index (χ1v) is 14.2. The SMILES string of the molecule is CCCC(NC(=O)C1C2C(CN1C(=O)C(NC(=O)OC(C)(C)C)C(C)(C)C)C2(C)C)C(=O)C(=O)NC(C)C(=O)OC. The zero-order valence-corrected chi connectivity index (χ0v) is 26.3. The fraction of sp³-hybridized carbons (Fsp3) is 0.793. The second-order valence-corrected chi connectivity index (χ2v) is 13.8. The zero-order valence-electron chi connectivity index (χ0n) is 26.3. The van der Waals surface area contributed by atoms with E-state index in [0.717, 1.165) is 0 Å². The van der Waals surface area contributed by atoms with Crippen LogP contribution in [-0.2, 0) is 33.4 Å². The van der Waals surface area contributed by atoms with Gasteiger partial charge in [0.2, 0.25) is 17.6 Å². The van der Waals surface area contributed by atoms with E-state index in [9.17, 15) is 28.8 Å². The van der Waals surface area contributed by atoms with E-state index in [1.54, 1.807) is 20.8 Å². The van der Waals surface area contributed by atoms with Crippen LogP contribution in [0.2, 0.25) is 0 Å². The Labute approximate surface area is 243 Å². The molecule has 1 saturated carbocycles. The number of carbonyl (C=O) groups excluding carboxylic acids is 6. The van der Waals surface area contributed by atoms with E-state index in [1.165, 1.54) is 18.9 Å². The van der Waals surface area contributed by atoms with E-state index < -0.39 is 70.8 Å². The van der Waals surface area contributed by atoms with E-state index >= 15 is 0 Å². The Balaban J connectivity index is 2.30. The first kappa shape index (κ1) is 34.0. The van der Waals surface area contributed by atoms with Crippen LogP contribution in [0.3, 0.4) is 0 Å². The number of piperidine rings is 1. The average molecular weight is 581 g/mol. The molecule has 0 aromatic heterocycles. The van der Waals surface area contributed by atoms with Gasteiger partial charge in [-0.1, -0.05) is 48.0 Å². The van der Waals surface area contributed by atoms with Gasteiger partial charge in [0.05, 0.1) is 13.2 Å². The molecule has 232 valence electrons. The Morgan fingerprint density at radius 2 is 1.56 bits per heavy atom. The molecule has 4 amide bonds. The van der Waals surface area contributed by atoms with Crippen molar-refractivity contribution >= 4 is 35.6 Å². The third-order valence-corrected chi connectivity index (χ3v) is 7.87. The van der Waals surface area contributed by atoms with E-state index in [1.807, 2.05) is 41.5 Å². The number of likely N-dealkylation sites (tertiary alicyclic amines) is 1. The van der Waals surface area contributed by atoms with Crippen LogP contribution in [-0.4, -0.2) is 83.9 Å². The summed E-state index contributed by atoms with van der Waals surface area (Å²) in [5.74, 6) is -3.67. The number of hydrogen-bond donors (Lipinski definition) is 3. The standard InChI is InChI=1S/C29H48N4O8/c1-12-13-17(20(34)23(36)30-15(2)25(38)40-11)31-22(35)19-18-16(29(18,9)10)14-33(19)24(37)21(27(3,4)5)32-26(39)41-28(6,7)8/h15-19,21H,12-14H2,1-11H3,(H,30,36)(H,31,35)(H,32,39). The number of Topliss-reactive ketones (excluding diaryl/α,β-unsaturated/α-hetero) is 1. The number of amides is 4. The molecule has 12 heteroatoms. The van der Waals surface area contributed by atoms with Gasteiger partial charge in [-0.2, -0.15) is 0 Å². The van der Waals surface area contributed by atoms with Crippen molar-refractivity contribution in [2.75, 3.05) is 13.7 Å². The molecule has 41 heavy (non-hydrogen) atoms. The van der Waals surface area contributed by atoms with Crippen molar-refractivity contribution in [3.05, 3.63) is 0 Å². The first-order valence-electron chi connectivity index (χ1n) is 14.2. The Morgan fingerprint density at radius 3 is 2.05 bits per heavy atom. The predicted molar refractivity (Wildman–Crippen MR) is 150 cm³/mol. The summed E-state index contributed by atoms with van der Waals surface area (Å²) in [5, 5.41) is 7.72. The third kappa shape index (κ3) is 7.97. The zero-order chi connectivity index (χ0) is 31.7. The van der Waals surface area contributed by atoms with E-state index in [4.69, 9.17) is 4.74 Å². The molecule has 2 aliphatic rings.